The van der Waals surface area contributed by atoms with Crippen LogP contribution in [0.2, 0.25) is 0 Å². The van der Waals surface area contributed by atoms with E-state index in [2.05, 4.69) is 4.98 Å². The molecule has 0 aliphatic heterocycles. The van der Waals surface area contributed by atoms with Crippen molar-refractivity contribution in [2.24, 2.45) is 11.5 Å². The van der Waals surface area contributed by atoms with E-state index < -0.39 is 17.0 Å². The number of rotatable bonds is 11. The molecule has 3 aromatic rings. The Morgan fingerprint density at radius 2 is 1.70 bits per heavy atom. The average Bonchev–Trinajstić information content (AvgIpc) is 2.85. The maximum absolute atomic E-state index is 13.4. The van der Waals surface area contributed by atoms with E-state index in [0.29, 0.717) is 22.5 Å². The fourth-order valence-electron chi connectivity index (χ4n) is 3.69. The number of nitrogens with two attached hydrogens (primary N) is 2. The van der Waals surface area contributed by atoms with Crippen LogP contribution in [-0.4, -0.2) is 35.5 Å². The van der Waals surface area contributed by atoms with Crippen LogP contribution in [0.4, 0.5) is 4.39 Å². The molecular formula is C28H32FN3O5. The molecule has 0 aliphatic rings. The van der Waals surface area contributed by atoms with Gasteiger partial charge in [0.25, 0.3) is 5.91 Å². The molecular weight excluding hydrogens is 477 g/mol. The van der Waals surface area contributed by atoms with Crippen LogP contribution in [0.5, 0.6) is 11.5 Å². The molecule has 0 spiro atoms. The predicted octanol–water partition coefficient (Wildman–Crippen LogP) is 3.82. The number of ether oxygens (including phenoxy) is 2. The second-order valence-corrected chi connectivity index (χ2v) is 9.67. The Balaban J connectivity index is 1.84. The van der Waals surface area contributed by atoms with Crippen molar-refractivity contribution >= 4 is 11.7 Å². The summed E-state index contributed by atoms with van der Waals surface area (Å²) >= 11 is 0. The summed E-state index contributed by atoms with van der Waals surface area (Å²) in [5.41, 5.74) is 11.9. The summed E-state index contributed by atoms with van der Waals surface area (Å²) in [5.74, 6) is -0.670. The van der Waals surface area contributed by atoms with E-state index in [0.717, 1.165) is 5.56 Å². The number of amides is 1. The summed E-state index contributed by atoms with van der Waals surface area (Å²) in [6.45, 7) is 4.94. The van der Waals surface area contributed by atoms with Crippen molar-refractivity contribution in [3.63, 3.8) is 0 Å². The Bertz CT molecular complexity index is 1280. The SMILES string of the molecule is COc1cc(C(=O)CCC(C)(O)c2cc(C(C)(C)N)cc(-c3ccc(F)cc3)n2)ccc1OCC(N)=O. The molecule has 3 rings (SSSR count). The number of pyridine rings is 1. The number of benzene rings is 2. The third-order valence-corrected chi connectivity index (χ3v) is 5.96. The molecule has 0 radical (unpaired) electrons. The van der Waals surface area contributed by atoms with Crippen molar-refractivity contribution in [3.05, 3.63) is 77.2 Å². The Kier molecular flexibility index (Phi) is 8.30. The number of primary amides is 1. The number of hydrogen-bond donors (Lipinski definition) is 3. The van der Waals surface area contributed by atoms with Crippen molar-refractivity contribution in [1.82, 2.24) is 4.98 Å². The quantitative estimate of drug-likeness (QED) is 0.334. The summed E-state index contributed by atoms with van der Waals surface area (Å²) in [4.78, 5) is 28.6. The largest absolute Gasteiger partial charge is 0.493 e. The highest BCUT2D eigenvalue weighted by molar-refractivity contribution is 5.96. The third kappa shape index (κ3) is 7.12. The summed E-state index contributed by atoms with van der Waals surface area (Å²) in [6.07, 6.45) is 0.0971. The molecule has 1 aromatic heterocycles. The second kappa shape index (κ2) is 11.1. The van der Waals surface area contributed by atoms with Crippen molar-refractivity contribution in [1.29, 1.82) is 0 Å². The Morgan fingerprint density at radius 3 is 2.30 bits per heavy atom. The molecule has 9 heteroatoms. The molecule has 196 valence electrons. The van der Waals surface area contributed by atoms with E-state index in [4.69, 9.17) is 20.9 Å². The van der Waals surface area contributed by atoms with Gasteiger partial charge in [-0.15, -0.1) is 0 Å². The van der Waals surface area contributed by atoms with Gasteiger partial charge < -0.3 is 26.0 Å². The van der Waals surface area contributed by atoms with E-state index in [-0.39, 0.29) is 42.5 Å². The summed E-state index contributed by atoms with van der Waals surface area (Å²) in [5, 5.41) is 11.4. The molecule has 0 fully saturated rings. The van der Waals surface area contributed by atoms with E-state index in [9.17, 15) is 19.1 Å². The maximum Gasteiger partial charge on any atom is 0.255 e. The minimum Gasteiger partial charge on any atom is -0.493 e. The van der Waals surface area contributed by atoms with Gasteiger partial charge in [-0.2, -0.15) is 0 Å². The first-order valence-electron chi connectivity index (χ1n) is 11.7. The first-order valence-corrected chi connectivity index (χ1v) is 11.7. The lowest BCUT2D eigenvalue weighted by molar-refractivity contribution is -0.119. The number of carbonyl (C=O) groups is 2. The smallest absolute Gasteiger partial charge is 0.255 e. The highest BCUT2D eigenvalue weighted by Gasteiger charge is 2.29. The monoisotopic (exact) mass is 509 g/mol. The molecule has 8 nitrogen and oxygen atoms in total. The first kappa shape index (κ1) is 27.8. The number of ketones is 1. The minimum atomic E-state index is -1.46. The molecule has 0 bridgehead atoms. The standard InChI is InChI=1S/C28H32FN3O5/c1-27(2,31)19-14-21(17-5-8-20(29)9-6-17)32-25(15-19)28(3,35)12-11-22(33)18-7-10-23(24(13-18)36-4)37-16-26(30)34/h5-10,13-15,35H,11-12,16,31H2,1-4H3,(H2,30,34). The summed E-state index contributed by atoms with van der Waals surface area (Å²) < 4.78 is 24.0. The number of Topliss-reactive ketones (excluding diaryl/α,β-unsaturated/α-hetero) is 1. The van der Waals surface area contributed by atoms with Crippen molar-refractivity contribution < 1.29 is 28.6 Å². The van der Waals surface area contributed by atoms with Crippen LogP contribution in [0.15, 0.2) is 54.6 Å². The number of methoxy groups -OCH3 is 1. The van der Waals surface area contributed by atoms with E-state index in [1.165, 1.54) is 31.4 Å². The van der Waals surface area contributed by atoms with Gasteiger partial charge >= 0.3 is 0 Å². The van der Waals surface area contributed by atoms with Gasteiger partial charge in [0, 0.05) is 23.1 Å². The number of halogens is 1. The van der Waals surface area contributed by atoms with E-state index in [1.54, 1.807) is 31.2 Å². The number of hydrogen-bond acceptors (Lipinski definition) is 7. The van der Waals surface area contributed by atoms with Crippen molar-refractivity contribution in [2.75, 3.05) is 13.7 Å². The van der Waals surface area contributed by atoms with Crippen LogP contribution in [-0.2, 0) is 15.9 Å². The second-order valence-electron chi connectivity index (χ2n) is 9.67. The lowest BCUT2D eigenvalue weighted by atomic mass is 9.88. The Morgan fingerprint density at radius 1 is 1.03 bits per heavy atom. The van der Waals surface area contributed by atoms with E-state index in [1.807, 2.05) is 19.9 Å². The van der Waals surface area contributed by atoms with Crippen LogP contribution in [0.3, 0.4) is 0 Å². The van der Waals surface area contributed by atoms with Gasteiger partial charge in [0.15, 0.2) is 23.9 Å². The van der Waals surface area contributed by atoms with Gasteiger partial charge in [0.1, 0.15) is 11.4 Å². The third-order valence-electron chi connectivity index (χ3n) is 5.96. The van der Waals surface area contributed by atoms with Crippen LogP contribution in [0, 0.1) is 5.82 Å². The molecule has 37 heavy (non-hydrogen) atoms. The van der Waals surface area contributed by atoms with Crippen LogP contribution in [0.25, 0.3) is 11.3 Å². The Labute approximate surface area is 215 Å². The predicted molar refractivity (Wildman–Crippen MR) is 138 cm³/mol. The van der Waals surface area contributed by atoms with Gasteiger partial charge in [-0.05, 0) is 87.4 Å². The molecule has 0 saturated carbocycles. The average molecular weight is 510 g/mol. The van der Waals surface area contributed by atoms with Crippen LogP contribution < -0.4 is 20.9 Å². The zero-order valence-electron chi connectivity index (χ0n) is 21.4. The van der Waals surface area contributed by atoms with Gasteiger partial charge in [-0.3, -0.25) is 9.59 Å². The van der Waals surface area contributed by atoms with Crippen LogP contribution in [0.1, 0.15) is 55.2 Å². The maximum atomic E-state index is 13.4. The molecule has 1 unspecified atom stereocenters. The van der Waals surface area contributed by atoms with Crippen molar-refractivity contribution in [2.45, 2.75) is 44.8 Å². The van der Waals surface area contributed by atoms with Gasteiger partial charge in [-0.25, -0.2) is 9.37 Å². The normalized spacial score (nSPS) is 13.1. The minimum absolute atomic E-state index is 0.0153. The fraction of sp³-hybridized carbons (Fsp3) is 0.321. The van der Waals surface area contributed by atoms with Gasteiger partial charge in [0.2, 0.25) is 0 Å². The topological polar surface area (TPSA) is 138 Å². The van der Waals surface area contributed by atoms with Crippen LogP contribution >= 0.6 is 0 Å². The summed E-state index contributed by atoms with van der Waals surface area (Å²) in [7, 11) is 1.42. The van der Waals surface area contributed by atoms with Gasteiger partial charge in [-0.1, -0.05) is 0 Å². The lowest BCUT2D eigenvalue weighted by Gasteiger charge is -2.27. The number of aromatic nitrogens is 1. The molecule has 0 aliphatic carbocycles. The zero-order valence-corrected chi connectivity index (χ0v) is 21.4. The fourth-order valence-corrected chi connectivity index (χ4v) is 3.69. The highest BCUT2D eigenvalue weighted by atomic mass is 19.1. The number of carbonyl (C=O) groups excluding carboxylic acids is 2. The molecule has 5 N–H and O–H groups in total. The first-order chi connectivity index (χ1) is 17.3. The molecule has 2 aromatic carbocycles. The molecule has 0 saturated heterocycles. The van der Waals surface area contributed by atoms with Crippen molar-refractivity contribution in [3.8, 4) is 22.8 Å². The molecule has 1 atom stereocenters. The molecule has 1 heterocycles. The van der Waals surface area contributed by atoms with E-state index >= 15 is 0 Å². The number of aliphatic hydroxyl groups is 1. The number of nitrogens with zero attached hydrogens (tertiary/aromatic N) is 1. The lowest BCUT2D eigenvalue weighted by Crippen LogP contribution is -2.31. The highest BCUT2D eigenvalue weighted by Crippen LogP contribution is 2.33. The van der Waals surface area contributed by atoms with Gasteiger partial charge in [0.05, 0.1) is 18.5 Å². The summed E-state index contributed by atoms with van der Waals surface area (Å²) in [6, 6.07) is 14.0. The zero-order chi connectivity index (χ0) is 27.4. The molecule has 1 amide bonds. The Hall–Kier alpha value is -3.82.